The lowest BCUT2D eigenvalue weighted by molar-refractivity contribution is -0.139. The van der Waals surface area contributed by atoms with Gasteiger partial charge in [0, 0.05) is 12.5 Å². The van der Waals surface area contributed by atoms with Crippen LogP contribution in [0.15, 0.2) is 0 Å². The topological polar surface area (TPSA) is 49.3 Å². The molecule has 1 rings (SSSR count). The summed E-state index contributed by atoms with van der Waals surface area (Å²) >= 11 is 0. The maximum atomic E-state index is 10.4. The van der Waals surface area contributed by atoms with Gasteiger partial charge in [0.15, 0.2) is 0 Å². The highest BCUT2D eigenvalue weighted by Gasteiger charge is 2.27. The lowest BCUT2D eigenvalue weighted by Gasteiger charge is -2.00. The van der Waals surface area contributed by atoms with Crippen molar-refractivity contribution in [3.05, 3.63) is 0 Å². The minimum Gasteiger partial charge on any atom is -0.480 e. The zero-order valence-corrected chi connectivity index (χ0v) is 6.42. The number of carboxylic acids is 1. The Kier molecular flexibility index (Phi) is 2.50. The molecule has 1 heterocycles. The molecule has 1 unspecified atom stereocenters. The van der Waals surface area contributed by atoms with E-state index in [-0.39, 0.29) is 12.0 Å². The predicted octanol–water partition coefficient (Wildman–Crippen LogP) is 0.0724. The first-order valence-corrected chi connectivity index (χ1v) is 3.62. The monoisotopic (exact) mass is 153 g/mol. The molecule has 0 aromatic heterocycles. The van der Waals surface area contributed by atoms with Crippen molar-refractivity contribution < 1.29 is 9.90 Å². The van der Waals surface area contributed by atoms with Crippen LogP contribution in [0.25, 0.3) is 0 Å². The summed E-state index contributed by atoms with van der Waals surface area (Å²) in [4.78, 5) is 10.4. The van der Waals surface area contributed by atoms with Crippen molar-refractivity contribution in [2.75, 3.05) is 6.54 Å². The van der Waals surface area contributed by atoms with Gasteiger partial charge in [0.2, 0.25) is 0 Å². The van der Waals surface area contributed by atoms with Crippen LogP contribution in [0.3, 0.4) is 0 Å². The minimum atomic E-state index is -0.773. The van der Waals surface area contributed by atoms with Crippen molar-refractivity contribution in [3.8, 4) is 11.8 Å². The molecule has 11 heavy (non-hydrogen) atoms. The molecule has 1 fully saturated rings. The average Bonchev–Trinajstić information content (AvgIpc) is 2.37. The summed E-state index contributed by atoms with van der Waals surface area (Å²) < 4.78 is 0. The van der Waals surface area contributed by atoms with E-state index in [9.17, 15) is 4.79 Å². The molecule has 2 atom stereocenters. The van der Waals surface area contributed by atoms with Gasteiger partial charge >= 0.3 is 5.97 Å². The summed E-state index contributed by atoms with van der Waals surface area (Å²) in [6.45, 7) is 2.48. The number of carboxylic acid groups (broad SMARTS) is 1. The van der Waals surface area contributed by atoms with E-state index < -0.39 is 5.97 Å². The SMILES string of the molecule is CC#CC1CN[C@H](C(=O)O)C1. The number of carbonyl (C=O) groups is 1. The van der Waals surface area contributed by atoms with Gasteiger partial charge in [-0.25, -0.2) is 0 Å². The normalized spacial score (nSPS) is 29.2. The van der Waals surface area contributed by atoms with E-state index in [0.29, 0.717) is 13.0 Å². The molecule has 60 valence electrons. The molecule has 3 nitrogen and oxygen atoms in total. The number of hydrogen-bond acceptors (Lipinski definition) is 2. The van der Waals surface area contributed by atoms with Gasteiger partial charge < -0.3 is 10.4 Å². The van der Waals surface area contributed by atoms with Crippen LogP contribution in [-0.2, 0) is 4.79 Å². The van der Waals surface area contributed by atoms with Gasteiger partial charge in [-0.1, -0.05) is 5.92 Å². The number of aliphatic carboxylic acids is 1. The highest BCUT2D eigenvalue weighted by atomic mass is 16.4. The fourth-order valence-electron chi connectivity index (χ4n) is 1.24. The van der Waals surface area contributed by atoms with Crippen molar-refractivity contribution in [2.24, 2.45) is 5.92 Å². The highest BCUT2D eigenvalue weighted by molar-refractivity contribution is 5.73. The standard InChI is InChI=1S/C8H11NO2/c1-2-3-6-4-7(8(10)11)9-5-6/h6-7,9H,4-5H2,1H3,(H,10,11)/t6?,7-/m0/s1. The third kappa shape index (κ3) is 1.95. The third-order valence-corrected chi connectivity index (χ3v) is 1.78. The van der Waals surface area contributed by atoms with Crippen molar-refractivity contribution in [2.45, 2.75) is 19.4 Å². The maximum Gasteiger partial charge on any atom is 0.320 e. The molecule has 2 N–H and O–H groups in total. The van der Waals surface area contributed by atoms with E-state index in [1.54, 1.807) is 6.92 Å². The number of nitrogens with one attached hydrogen (secondary N) is 1. The molecule has 0 aliphatic carbocycles. The van der Waals surface area contributed by atoms with Crippen LogP contribution in [0.5, 0.6) is 0 Å². The van der Waals surface area contributed by atoms with Gasteiger partial charge in [0.05, 0.1) is 0 Å². The van der Waals surface area contributed by atoms with E-state index in [1.807, 2.05) is 0 Å². The summed E-state index contributed by atoms with van der Waals surface area (Å²) in [5.41, 5.74) is 0. The summed E-state index contributed by atoms with van der Waals surface area (Å²) in [7, 11) is 0. The van der Waals surface area contributed by atoms with E-state index in [0.717, 1.165) is 0 Å². The molecule has 0 amide bonds. The van der Waals surface area contributed by atoms with Crippen LogP contribution < -0.4 is 5.32 Å². The molecule has 0 saturated carbocycles. The summed E-state index contributed by atoms with van der Waals surface area (Å²) in [6.07, 6.45) is 0.635. The van der Waals surface area contributed by atoms with Gasteiger partial charge in [0.25, 0.3) is 0 Å². The van der Waals surface area contributed by atoms with E-state index in [4.69, 9.17) is 5.11 Å². The Morgan fingerprint density at radius 2 is 2.45 bits per heavy atom. The highest BCUT2D eigenvalue weighted by Crippen LogP contribution is 2.12. The van der Waals surface area contributed by atoms with Crippen LogP contribution >= 0.6 is 0 Å². The van der Waals surface area contributed by atoms with Crippen LogP contribution in [-0.4, -0.2) is 23.7 Å². The second-order valence-corrected chi connectivity index (χ2v) is 2.63. The summed E-state index contributed by atoms with van der Waals surface area (Å²) in [5.74, 6) is 5.19. The Balaban J connectivity index is 2.45. The van der Waals surface area contributed by atoms with Crippen LogP contribution in [0, 0.1) is 17.8 Å². The Morgan fingerprint density at radius 1 is 1.73 bits per heavy atom. The molecule has 0 radical (unpaired) electrons. The quantitative estimate of drug-likeness (QED) is 0.524. The molecule has 1 aliphatic heterocycles. The Morgan fingerprint density at radius 3 is 2.91 bits per heavy atom. The zero-order valence-electron chi connectivity index (χ0n) is 6.42. The molecule has 0 spiro atoms. The van der Waals surface area contributed by atoms with E-state index >= 15 is 0 Å². The number of rotatable bonds is 1. The molecular formula is C8H11NO2. The first kappa shape index (κ1) is 8.09. The molecule has 1 saturated heterocycles. The van der Waals surface area contributed by atoms with Crippen molar-refractivity contribution in [3.63, 3.8) is 0 Å². The van der Waals surface area contributed by atoms with Crippen LogP contribution in [0.4, 0.5) is 0 Å². The molecule has 0 aromatic rings. The second kappa shape index (κ2) is 3.40. The van der Waals surface area contributed by atoms with Crippen LogP contribution in [0.2, 0.25) is 0 Å². The maximum absolute atomic E-state index is 10.4. The molecule has 0 aromatic carbocycles. The third-order valence-electron chi connectivity index (χ3n) is 1.78. The Hall–Kier alpha value is -1.01. The van der Waals surface area contributed by atoms with Crippen molar-refractivity contribution >= 4 is 5.97 Å². The summed E-state index contributed by atoms with van der Waals surface area (Å²) in [6, 6.07) is -0.388. The Labute approximate surface area is 65.8 Å². The zero-order chi connectivity index (χ0) is 8.27. The van der Waals surface area contributed by atoms with E-state index in [2.05, 4.69) is 17.2 Å². The summed E-state index contributed by atoms with van der Waals surface area (Å²) in [5, 5.41) is 11.5. The van der Waals surface area contributed by atoms with Gasteiger partial charge in [-0.15, -0.1) is 5.92 Å². The number of hydrogen-bond donors (Lipinski definition) is 2. The predicted molar refractivity (Wildman–Crippen MR) is 41.0 cm³/mol. The molecule has 3 heteroatoms. The molecule has 0 bridgehead atoms. The fraction of sp³-hybridized carbons (Fsp3) is 0.625. The first-order valence-electron chi connectivity index (χ1n) is 3.62. The smallest absolute Gasteiger partial charge is 0.320 e. The van der Waals surface area contributed by atoms with Crippen molar-refractivity contribution in [1.29, 1.82) is 0 Å². The molecular weight excluding hydrogens is 142 g/mol. The minimum absolute atomic E-state index is 0.223. The Bertz CT molecular complexity index is 214. The average molecular weight is 153 g/mol. The van der Waals surface area contributed by atoms with Crippen LogP contribution in [0.1, 0.15) is 13.3 Å². The largest absolute Gasteiger partial charge is 0.480 e. The fourth-order valence-corrected chi connectivity index (χ4v) is 1.24. The second-order valence-electron chi connectivity index (χ2n) is 2.63. The first-order chi connectivity index (χ1) is 5.24. The van der Waals surface area contributed by atoms with Gasteiger partial charge in [-0.3, -0.25) is 4.79 Å². The lowest BCUT2D eigenvalue weighted by Crippen LogP contribution is -2.29. The van der Waals surface area contributed by atoms with Gasteiger partial charge in [-0.2, -0.15) is 0 Å². The van der Waals surface area contributed by atoms with Crippen molar-refractivity contribution in [1.82, 2.24) is 5.32 Å². The van der Waals surface area contributed by atoms with Gasteiger partial charge in [-0.05, 0) is 13.3 Å². The molecule has 1 aliphatic rings. The van der Waals surface area contributed by atoms with Gasteiger partial charge in [0.1, 0.15) is 6.04 Å². The lowest BCUT2D eigenvalue weighted by atomic mass is 10.1. The van der Waals surface area contributed by atoms with E-state index in [1.165, 1.54) is 0 Å².